The quantitative estimate of drug-likeness (QED) is 0.434. The Morgan fingerprint density at radius 3 is 1.88 bits per heavy atom. The molecule has 2 fully saturated rings. The topological polar surface area (TPSA) is 158 Å². The summed E-state index contributed by atoms with van der Waals surface area (Å²) in [4.78, 5) is 31.5. The molecule has 2 aliphatic heterocycles. The Hall–Kier alpha value is -3.54. The van der Waals surface area contributed by atoms with Gasteiger partial charge in [-0.2, -0.15) is 26.3 Å². The van der Waals surface area contributed by atoms with Gasteiger partial charge >= 0.3 is 24.3 Å². The Morgan fingerprint density at radius 2 is 1.44 bits per heavy atom. The van der Waals surface area contributed by atoms with Crippen molar-refractivity contribution in [2.24, 2.45) is 5.92 Å². The summed E-state index contributed by atoms with van der Waals surface area (Å²) in [6.07, 6.45) is -5.21. The fraction of sp³-hybridized carbons (Fsp3) is 0.652. The number of aliphatic hydroxyl groups excluding tert-OH is 1. The molecule has 0 amide bonds. The molecule has 12 nitrogen and oxygen atoms in total. The summed E-state index contributed by atoms with van der Waals surface area (Å²) in [5, 5.41) is 32.5. The zero-order chi connectivity index (χ0) is 31.0. The fourth-order valence-corrected chi connectivity index (χ4v) is 4.11. The number of likely N-dealkylation sites (tertiary alicyclic amines) is 1. The van der Waals surface area contributed by atoms with Crippen molar-refractivity contribution in [3.8, 4) is 0 Å². The van der Waals surface area contributed by atoms with E-state index in [0.29, 0.717) is 5.92 Å². The van der Waals surface area contributed by atoms with Crippen molar-refractivity contribution in [1.29, 1.82) is 0 Å². The summed E-state index contributed by atoms with van der Waals surface area (Å²) in [7, 11) is 0. The summed E-state index contributed by atoms with van der Waals surface area (Å²) in [6, 6.07) is 2.02. The van der Waals surface area contributed by atoms with Crippen LogP contribution in [0.3, 0.4) is 0 Å². The third-order valence-corrected chi connectivity index (χ3v) is 6.02. The lowest BCUT2D eigenvalue weighted by molar-refractivity contribution is -0.193. The number of aliphatic carboxylic acids is 2. The molecule has 0 aliphatic carbocycles. The Kier molecular flexibility index (Phi) is 11.8. The highest BCUT2D eigenvalue weighted by Gasteiger charge is 2.38. The summed E-state index contributed by atoms with van der Waals surface area (Å²) in [5.74, 6) is -4.04. The number of β-amino-alcohol motifs (C(OH)–C–C–N with tert-alkyl or cyclic N) is 1. The van der Waals surface area contributed by atoms with E-state index in [1.807, 2.05) is 24.6 Å². The van der Waals surface area contributed by atoms with Crippen molar-refractivity contribution in [1.82, 2.24) is 29.9 Å². The van der Waals surface area contributed by atoms with Crippen molar-refractivity contribution < 1.29 is 51.3 Å². The van der Waals surface area contributed by atoms with E-state index in [9.17, 15) is 31.4 Å². The first-order valence-electron chi connectivity index (χ1n) is 12.4. The van der Waals surface area contributed by atoms with Crippen molar-refractivity contribution >= 4 is 17.9 Å². The number of alkyl halides is 6. The van der Waals surface area contributed by atoms with Gasteiger partial charge in [-0.1, -0.05) is 5.21 Å². The second kappa shape index (κ2) is 14.4. The number of anilines is 1. The molecule has 4 rings (SSSR count). The van der Waals surface area contributed by atoms with Crippen molar-refractivity contribution in [3.05, 3.63) is 29.3 Å². The highest BCUT2D eigenvalue weighted by molar-refractivity contribution is 5.73. The molecule has 3 N–H and O–H groups in total. The second-order valence-electron chi connectivity index (χ2n) is 9.60. The number of carboxylic acid groups (broad SMARTS) is 2. The van der Waals surface area contributed by atoms with E-state index in [2.05, 4.69) is 36.3 Å². The first-order valence-corrected chi connectivity index (χ1v) is 12.4. The molecule has 0 bridgehead atoms. The molecule has 41 heavy (non-hydrogen) atoms. The van der Waals surface area contributed by atoms with Crippen LogP contribution in [0.2, 0.25) is 0 Å². The summed E-state index contributed by atoms with van der Waals surface area (Å²) >= 11 is 0. The van der Waals surface area contributed by atoms with Gasteiger partial charge in [0.2, 0.25) is 5.95 Å². The Labute approximate surface area is 230 Å². The minimum atomic E-state index is -5.08. The normalized spacial score (nSPS) is 18.3. The van der Waals surface area contributed by atoms with E-state index >= 15 is 0 Å². The molecule has 18 heteroatoms. The maximum Gasteiger partial charge on any atom is 0.490 e. The number of rotatable bonds is 5. The average Bonchev–Trinajstić information content (AvgIpc) is 3.47. The van der Waals surface area contributed by atoms with Crippen LogP contribution in [0.25, 0.3) is 0 Å². The van der Waals surface area contributed by atoms with Gasteiger partial charge in [-0.3, -0.25) is 9.58 Å². The van der Waals surface area contributed by atoms with Gasteiger partial charge in [0.05, 0.1) is 11.8 Å². The average molecular weight is 600 g/mol. The van der Waals surface area contributed by atoms with Crippen LogP contribution >= 0.6 is 0 Å². The molecule has 0 radical (unpaired) electrons. The number of hydrogen-bond donors (Lipinski definition) is 3. The van der Waals surface area contributed by atoms with E-state index in [0.717, 1.165) is 81.6 Å². The Morgan fingerprint density at radius 1 is 0.927 bits per heavy atom. The monoisotopic (exact) mass is 599 g/mol. The van der Waals surface area contributed by atoms with Crippen LogP contribution in [0.4, 0.5) is 32.3 Å². The summed E-state index contributed by atoms with van der Waals surface area (Å²) < 4.78 is 65.5. The zero-order valence-electron chi connectivity index (χ0n) is 22.2. The molecule has 2 aromatic heterocycles. The molecular formula is C23H31F6N7O5. The number of carboxylic acids is 2. The minimum Gasteiger partial charge on any atom is -0.475 e. The predicted molar refractivity (Wildman–Crippen MR) is 130 cm³/mol. The minimum absolute atomic E-state index is 0.189. The van der Waals surface area contributed by atoms with E-state index in [1.54, 1.807) is 0 Å². The Bertz CT molecular complexity index is 1110. The lowest BCUT2D eigenvalue weighted by atomic mass is 9.97. The molecule has 0 aromatic carbocycles. The number of aryl methyl sites for hydroxylation is 2. The molecule has 2 saturated heterocycles. The number of hydrogen-bond acceptors (Lipinski definition) is 9. The van der Waals surface area contributed by atoms with Crippen molar-refractivity contribution in [2.45, 2.75) is 64.7 Å². The molecule has 2 aromatic rings. The molecule has 230 valence electrons. The van der Waals surface area contributed by atoms with E-state index in [1.165, 1.54) is 0 Å². The van der Waals surface area contributed by atoms with Gasteiger partial charge in [-0.05, 0) is 45.1 Å². The first-order chi connectivity index (χ1) is 18.9. The summed E-state index contributed by atoms with van der Waals surface area (Å²) in [6.45, 7) is 9.39. The molecule has 1 unspecified atom stereocenters. The number of halogens is 6. The van der Waals surface area contributed by atoms with Crippen LogP contribution in [0.1, 0.15) is 36.3 Å². The van der Waals surface area contributed by atoms with E-state index in [-0.39, 0.29) is 6.10 Å². The zero-order valence-corrected chi connectivity index (χ0v) is 22.2. The molecule has 0 saturated carbocycles. The van der Waals surface area contributed by atoms with Crippen LogP contribution in [0, 0.1) is 19.8 Å². The highest BCUT2D eigenvalue weighted by atomic mass is 19.4. The van der Waals surface area contributed by atoms with Gasteiger partial charge in [0.1, 0.15) is 0 Å². The van der Waals surface area contributed by atoms with Gasteiger partial charge < -0.3 is 20.2 Å². The van der Waals surface area contributed by atoms with Crippen LogP contribution in [0.5, 0.6) is 0 Å². The smallest absolute Gasteiger partial charge is 0.475 e. The van der Waals surface area contributed by atoms with Crippen LogP contribution < -0.4 is 4.90 Å². The lowest BCUT2D eigenvalue weighted by Crippen LogP contribution is -2.36. The molecule has 0 spiro atoms. The van der Waals surface area contributed by atoms with Crippen LogP contribution in [-0.2, 0) is 22.7 Å². The predicted octanol–water partition coefficient (Wildman–Crippen LogP) is 2.43. The SMILES string of the molecule is Cc1cc(C)nc(N2CCC(Cn3cc(CN4CCC(O)C4)nn3)CC2)n1.O=C(O)C(F)(F)F.O=C(O)C(F)(F)F. The molecule has 1 atom stereocenters. The summed E-state index contributed by atoms with van der Waals surface area (Å²) in [5.41, 5.74) is 3.05. The molecule has 2 aliphatic rings. The van der Waals surface area contributed by atoms with Gasteiger partial charge in [0.15, 0.2) is 0 Å². The number of aromatic nitrogens is 5. The number of piperidine rings is 1. The number of carbonyl (C=O) groups is 2. The van der Waals surface area contributed by atoms with Crippen molar-refractivity contribution in [2.75, 3.05) is 31.1 Å². The maximum atomic E-state index is 10.6. The lowest BCUT2D eigenvalue weighted by Gasteiger charge is -2.32. The van der Waals surface area contributed by atoms with Crippen molar-refractivity contribution in [3.63, 3.8) is 0 Å². The number of aliphatic hydroxyl groups is 1. The second-order valence-corrected chi connectivity index (χ2v) is 9.60. The third-order valence-electron chi connectivity index (χ3n) is 6.02. The third kappa shape index (κ3) is 11.8. The molecular weight excluding hydrogens is 568 g/mol. The first kappa shape index (κ1) is 33.7. The van der Waals surface area contributed by atoms with Crippen LogP contribution in [0.15, 0.2) is 12.3 Å². The Balaban J connectivity index is 0.000000349. The van der Waals surface area contributed by atoms with Gasteiger partial charge in [0, 0.05) is 56.9 Å². The van der Waals surface area contributed by atoms with Crippen LogP contribution in [-0.4, -0.2) is 102 Å². The highest BCUT2D eigenvalue weighted by Crippen LogP contribution is 2.23. The van der Waals surface area contributed by atoms with E-state index < -0.39 is 24.3 Å². The largest absolute Gasteiger partial charge is 0.490 e. The van der Waals surface area contributed by atoms with Gasteiger partial charge in [0.25, 0.3) is 0 Å². The molecule has 4 heterocycles. The maximum absolute atomic E-state index is 10.6. The van der Waals surface area contributed by atoms with Gasteiger partial charge in [-0.25, -0.2) is 19.6 Å². The van der Waals surface area contributed by atoms with Gasteiger partial charge in [-0.15, -0.1) is 5.10 Å². The van der Waals surface area contributed by atoms with E-state index in [4.69, 9.17) is 19.8 Å². The standard InChI is InChI=1S/C19H29N7O.2C2HF3O2/c1-14-9-15(2)21-19(20-14)25-7-3-16(4-8-25)10-26-12-17(22-23-26)11-24-6-5-18(27)13-24;2*3-2(4,5)1(6)7/h9,12,16,18,27H,3-8,10-11,13H2,1-2H3;2*(H,6,7). The fourth-order valence-electron chi connectivity index (χ4n) is 4.11. The number of nitrogens with zero attached hydrogens (tertiary/aromatic N) is 7.